The fourth-order valence-electron chi connectivity index (χ4n) is 2.73. The number of carbonyl (C=O) groups excluding carboxylic acids is 2. The number of anilines is 2. The first-order valence-corrected chi connectivity index (χ1v) is 9.66. The number of benzene rings is 2. The minimum absolute atomic E-state index is 0.338. The van der Waals surface area contributed by atoms with E-state index in [1.54, 1.807) is 54.8 Å². The lowest BCUT2D eigenvalue weighted by molar-refractivity contribution is -0.123. The van der Waals surface area contributed by atoms with E-state index >= 15 is 0 Å². The summed E-state index contributed by atoms with van der Waals surface area (Å²) in [5.41, 5.74) is 1.52. The molecule has 1 amide bonds. The van der Waals surface area contributed by atoms with Crippen LogP contribution in [-0.2, 0) is 16.1 Å². The van der Waals surface area contributed by atoms with Gasteiger partial charge in [-0.15, -0.1) is 0 Å². The van der Waals surface area contributed by atoms with Crippen molar-refractivity contribution >= 4 is 23.3 Å². The number of para-hydroxylation sites is 1. The average Bonchev–Trinajstić information content (AvgIpc) is 3.27. The van der Waals surface area contributed by atoms with Gasteiger partial charge in [0.15, 0.2) is 6.10 Å². The molecule has 0 fully saturated rings. The molecule has 1 heterocycles. The third-order valence-electron chi connectivity index (χ3n) is 4.27. The largest absolute Gasteiger partial charge is 0.494 e. The minimum Gasteiger partial charge on any atom is -0.494 e. The molecule has 0 aliphatic heterocycles. The summed E-state index contributed by atoms with van der Waals surface area (Å²) in [5, 5.41) is 5.87. The Morgan fingerprint density at radius 2 is 1.80 bits per heavy atom. The number of esters is 1. The lowest BCUT2D eigenvalue weighted by Crippen LogP contribution is -2.30. The Balaban J connectivity index is 1.58. The molecule has 0 saturated heterocycles. The van der Waals surface area contributed by atoms with Gasteiger partial charge < -0.3 is 24.5 Å². The molecule has 0 aliphatic rings. The number of amides is 1. The van der Waals surface area contributed by atoms with E-state index in [9.17, 15) is 9.59 Å². The van der Waals surface area contributed by atoms with Crippen molar-refractivity contribution in [2.24, 2.45) is 0 Å². The molecule has 7 heteroatoms. The van der Waals surface area contributed by atoms with Crippen LogP contribution in [0.2, 0.25) is 0 Å². The van der Waals surface area contributed by atoms with Gasteiger partial charge >= 0.3 is 5.97 Å². The van der Waals surface area contributed by atoms with Crippen molar-refractivity contribution in [3.05, 3.63) is 78.3 Å². The van der Waals surface area contributed by atoms with Crippen molar-refractivity contribution in [1.29, 1.82) is 0 Å². The van der Waals surface area contributed by atoms with E-state index in [4.69, 9.17) is 13.9 Å². The van der Waals surface area contributed by atoms with Crippen LogP contribution in [0, 0.1) is 0 Å². The van der Waals surface area contributed by atoms with Gasteiger partial charge in [0.05, 0.1) is 25.0 Å². The van der Waals surface area contributed by atoms with Gasteiger partial charge in [0, 0.05) is 11.4 Å². The van der Waals surface area contributed by atoms with E-state index in [1.165, 1.54) is 6.92 Å². The summed E-state index contributed by atoms with van der Waals surface area (Å²) in [5.74, 6) is 0.440. The van der Waals surface area contributed by atoms with Crippen LogP contribution in [0.4, 0.5) is 11.4 Å². The van der Waals surface area contributed by atoms with Gasteiger partial charge in [-0.1, -0.05) is 12.1 Å². The van der Waals surface area contributed by atoms with Gasteiger partial charge in [-0.25, -0.2) is 4.79 Å². The van der Waals surface area contributed by atoms with E-state index in [-0.39, 0.29) is 0 Å². The van der Waals surface area contributed by atoms with Crippen molar-refractivity contribution in [2.45, 2.75) is 26.5 Å². The molecule has 0 aliphatic carbocycles. The Morgan fingerprint density at radius 1 is 1.03 bits per heavy atom. The summed E-state index contributed by atoms with van der Waals surface area (Å²) in [6.45, 7) is 4.42. The molecule has 7 nitrogen and oxygen atoms in total. The van der Waals surface area contributed by atoms with E-state index in [1.807, 2.05) is 19.1 Å². The van der Waals surface area contributed by atoms with Gasteiger partial charge in [0.25, 0.3) is 5.91 Å². The fourth-order valence-corrected chi connectivity index (χ4v) is 2.73. The van der Waals surface area contributed by atoms with Crippen LogP contribution < -0.4 is 15.4 Å². The molecule has 1 atom stereocenters. The molecule has 3 rings (SSSR count). The smallest absolute Gasteiger partial charge is 0.341 e. The average molecular weight is 408 g/mol. The second-order valence-electron chi connectivity index (χ2n) is 6.47. The third kappa shape index (κ3) is 5.64. The maximum atomic E-state index is 12.6. The topological polar surface area (TPSA) is 89.8 Å². The van der Waals surface area contributed by atoms with Gasteiger partial charge in [-0.3, -0.25) is 4.79 Å². The number of hydrogen-bond acceptors (Lipinski definition) is 6. The highest BCUT2D eigenvalue weighted by molar-refractivity contribution is 5.99. The quantitative estimate of drug-likeness (QED) is 0.508. The maximum Gasteiger partial charge on any atom is 0.341 e. The van der Waals surface area contributed by atoms with E-state index < -0.39 is 18.0 Å². The molecule has 0 spiro atoms. The number of rotatable bonds is 9. The summed E-state index contributed by atoms with van der Waals surface area (Å²) < 4.78 is 16.0. The molecular weight excluding hydrogens is 384 g/mol. The first-order chi connectivity index (χ1) is 14.6. The molecule has 0 saturated carbocycles. The fraction of sp³-hybridized carbons (Fsp3) is 0.217. The number of ether oxygens (including phenoxy) is 2. The van der Waals surface area contributed by atoms with Crippen LogP contribution in [0.3, 0.4) is 0 Å². The zero-order valence-corrected chi connectivity index (χ0v) is 16.9. The summed E-state index contributed by atoms with van der Waals surface area (Å²) in [4.78, 5) is 25.0. The molecule has 0 radical (unpaired) electrons. The predicted molar refractivity (Wildman–Crippen MR) is 114 cm³/mol. The maximum absolute atomic E-state index is 12.6. The van der Waals surface area contributed by atoms with E-state index in [0.717, 1.165) is 5.76 Å². The van der Waals surface area contributed by atoms with Crippen molar-refractivity contribution < 1.29 is 23.5 Å². The van der Waals surface area contributed by atoms with Crippen molar-refractivity contribution in [3.63, 3.8) is 0 Å². The van der Waals surface area contributed by atoms with Crippen molar-refractivity contribution in [1.82, 2.24) is 0 Å². The Hall–Kier alpha value is -3.74. The molecule has 156 valence electrons. The molecule has 1 aromatic heterocycles. The highest BCUT2D eigenvalue weighted by Crippen LogP contribution is 2.19. The molecule has 30 heavy (non-hydrogen) atoms. The minimum atomic E-state index is -0.970. The second kappa shape index (κ2) is 10.2. The lowest BCUT2D eigenvalue weighted by atomic mass is 10.1. The van der Waals surface area contributed by atoms with Crippen LogP contribution in [0.5, 0.6) is 5.75 Å². The van der Waals surface area contributed by atoms with Crippen molar-refractivity contribution in [3.8, 4) is 5.75 Å². The molecule has 2 aromatic carbocycles. The van der Waals surface area contributed by atoms with Crippen LogP contribution in [0.1, 0.15) is 30.0 Å². The van der Waals surface area contributed by atoms with E-state index in [2.05, 4.69) is 10.6 Å². The summed E-state index contributed by atoms with van der Waals surface area (Å²) in [6, 6.07) is 17.6. The number of nitrogens with one attached hydrogen (secondary N) is 2. The molecular formula is C23H24N2O5. The SMILES string of the molecule is CCOc1ccc(NC(=O)[C@@H](C)OC(=O)c2ccccc2NCc2ccco2)cc1. The molecule has 2 N–H and O–H groups in total. The zero-order chi connectivity index (χ0) is 21.3. The Morgan fingerprint density at radius 3 is 2.50 bits per heavy atom. The van der Waals surface area contributed by atoms with Gasteiger partial charge in [-0.05, 0) is 62.4 Å². The number of furan rings is 1. The Bertz CT molecular complexity index is 968. The summed E-state index contributed by atoms with van der Waals surface area (Å²) >= 11 is 0. The van der Waals surface area contributed by atoms with Gasteiger partial charge in [-0.2, -0.15) is 0 Å². The van der Waals surface area contributed by atoms with E-state index in [0.29, 0.717) is 35.8 Å². The number of carbonyl (C=O) groups is 2. The van der Waals surface area contributed by atoms with Gasteiger partial charge in [0.1, 0.15) is 11.5 Å². The monoisotopic (exact) mass is 408 g/mol. The highest BCUT2D eigenvalue weighted by Gasteiger charge is 2.21. The predicted octanol–water partition coefficient (Wildman–Crippen LogP) is 4.47. The third-order valence-corrected chi connectivity index (χ3v) is 4.27. The van der Waals surface area contributed by atoms with Crippen LogP contribution in [0.25, 0.3) is 0 Å². The van der Waals surface area contributed by atoms with Crippen LogP contribution in [0.15, 0.2) is 71.3 Å². The summed E-state index contributed by atoms with van der Waals surface area (Å²) in [6.07, 6.45) is 0.615. The summed E-state index contributed by atoms with van der Waals surface area (Å²) in [7, 11) is 0. The Labute approximate surface area is 175 Å². The zero-order valence-electron chi connectivity index (χ0n) is 16.9. The Kier molecular flexibility index (Phi) is 7.10. The van der Waals surface area contributed by atoms with Crippen LogP contribution >= 0.6 is 0 Å². The normalized spacial score (nSPS) is 11.4. The molecule has 3 aromatic rings. The first kappa shape index (κ1) is 21.0. The number of hydrogen-bond donors (Lipinski definition) is 2. The highest BCUT2D eigenvalue weighted by atomic mass is 16.5. The van der Waals surface area contributed by atoms with Gasteiger partial charge in [0.2, 0.25) is 0 Å². The standard InChI is InChI=1S/C23H24N2O5/c1-3-28-18-12-10-17(11-13-18)25-22(26)16(2)30-23(27)20-8-4-5-9-21(20)24-15-19-7-6-14-29-19/h4-14,16,24H,3,15H2,1-2H3,(H,25,26)/t16-/m1/s1. The van der Waals surface area contributed by atoms with Crippen molar-refractivity contribution in [2.75, 3.05) is 17.2 Å². The van der Waals surface area contributed by atoms with Crippen LogP contribution in [-0.4, -0.2) is 24.6 Å². The first-order valence-electron chi connectivity index (χ1n) is 9.66. The lowest BCUT2D eigenvalue weighted by Gasteiger charge is -2.16. The molecule has 0 unspecified atom stereocenters. The second-order valence-corrected chi connectivity index (χ2v) is 6.47. The molecule has 0 bridgehead atoms.